The first-order valence-electron chi connectivity index (χ1n) is 12.2. The lowest BCUT2D eigenvalue weighted by molar-refractivity contribution is -0.141. The van der Waals surface area contributed by atoms with Gasteiger partial charge >= 0.3 is 6.03 Å². The summed E-state index contributed by atoms with van der Waals surface area (Å²) >= 11 is 0. The Morgan fingerprint density at radius 1 is 1.03 bits per heavy atom. The molecule has 168 valence electrons. The van der Waals surface area contributed by atoms with E-state index in [1.807, 2.05) is 0 Å². The molecule has 1 aliphatic heterocycles. The Hall–Kier alpha value is -1.59. The third-order valence-electron chi connectivity index (χ3n) is 9.46. The van der Waals surface area contributed by atoms with Crippen LogP contribution in [0.1, 0.15) is 85.0 Å². The number of imide groups is 1. The minimum Gasteiger partial charge on any atom is -0.353 e. The van der Waals surface area contributed by atoms with Crippen molar-refractivity contribution < 1.29 is 14.4 Å². The molecule has 30 heavy (non-hydrogen) atoms. The number of rotatable bonds is 4. The van der Waals surface area contributed by atoms with Gasteiger partial charge in [0.2, 0.25) is 11.8 Å². The van der Waals surface area contributed by atoms with Crippen molar-refractivity contribution in [2.45, 2.75) is 91.0 Å². The van der Waals surface area contributed by atoms with Crippen LogP contribution in [0.15, 0.2) is 0 Å². The monoisotopic (exact) mass is 417 g/mol. The van der Waals surface area contributed by atoms with Gasteiger partial charge in [0.05, 0.1) is 0 Å². The first-order valence-corrected chi connectivity index (χ1v) is 12.2. The summed E-state index contributed by atoms with van der Waals surface area (Å²) in [7, 11) is 0. The van der Waals surface area contributed by atoms with Crippen LogP contribution in [0.2, 0.25) is 0 Å². The highest BCUT2D eigenvalue weighted by Crippen LogP contribution is 2.65. The van der Waals surface area contributed by atoms with Crippen LogP contribution in [-0.4, -0.2) is 30.4 Å². The number of piperidine rings is 1. The maximum atomic E-state index is 13.0. The van der Waals surface area contributed by atoms with Gasteiger partial charge in [0.25, 0.3) is 0 Å². The Labute approximate surface area is 180 Å². The highest BCUT2D eigenvalue weighted by Gasteiger charge is 2.61. The molecule has 1 heterocycles. The molecule has 0 unspecified atom stereocenters. The fraction of sp³-hybridized carbons (Fsp3) is 0.875. The van der Waals surface area contributed by atoms with E-state index in [0.29, 0.717) is 36.8 Å². The number of amides is 4. The van der Waals surface area contributed by atoms with Gasteiger partial charge in [0.15, 0.2) is 0 Å². The Kier molecular flexibility index (Phi) is 5.88. The number of urea groups is 1. The quantitative estimate of drug-likeness (QED) is 0.609. The number of hydrogen-bond acceptors (Lipinski definition) is 3. The number of fused-ring (bicyclic) bond motifs is 5. The smallest absolute Gasteiger partial charge is 0.321 e. The largest absolute Gasteiger partial charge is 0.353 e. The Morgan fingerprint density at radius 2 is 1.80 bits per heavy atom. The summed E-state index contributed by atoms with van der Waals surface area (Å²) in [6, 6.07) is -0.0307. The lowest BCUT2D eigenvalue weighted by Gasteiger charge is -2.60. The van der Waals surface area contributed by atoms with E-state index in [9.17, 15) is 14.4 Å². The summed E-state index contributed by atoms with van der Waals surface area (Å²) in [4.78, 5) is 37.1. The van der Waals surface area contributed by atoms with Gasteiger partial charge in [-0.05, 0) is 80.0 Å². The molecule has 3 N–H and O–H groups in total. The third kappa shape index (κ3) is 3.54. The van der Waals surface area contributed by atoms with Crippen LogP contribution in [0.3, 0.4) is 0 Å². The average molecular weight is 418 g/mol. The molecule has 4 aliphatic rings. The van der Waals surface area contributed by atoms with Crippen LogP contribution >= 0.6 is 0 Å². The zero-order valence-corrected chi connectivity index (χ0v) is 18.9. The lowest BCUT2D eigenvalue weighted by Crippen LogP contribution is -2.61. The second kappa shape index (κ2) is 8.16. The fourth-order valence-corrected chi connectivity index (χ4v) is 7.75. The van der Waals surface area contributed by atoms with E-state index >= 15 is 0 Å². The molecule has 6 heteroatoms. The van der Waals surface area contributed by atoms with Gasteiger partial charge in [0, 0.05) is 24.9 Å². The standard InChI is InChI=1S/C24H39N3O3/c1-4-5-14-25-22(30)27-21(29)18-8-7-16-15-6-9-19-24(3,13-11-20(28)26-19)17(15)10-12-23(16,18)2/h15-19H,4-14H2,1-3H3,(H,26,28)(H2,25,27,29,30)/t15-,16-,17-,18+,19+,23-,24+/m0/s1. The van der Waals surface area contributed by atoms with Crippen molar-refractivity contribution in [3.63, 3.8) is 0 Å². The van der Waals surface area contributed by atoms with E-state index in [4.69, 9.17) is 0 Å². The van der Waals surface area contributed by atoms with E-state index in [1.54, 1.807) is 0 Å². The van der Waals surface area contributed by atoms with Crippen LogP contribution in [0.5, 0.6) is 0 Å². The Balaban J connectivity index is 1.44. The predicted octanol–water partition coefficient (Wildman–Crippen LogP) is 3.75. The van der Waals surface area contributed by atoms with Gasteiger partial charge in [-0.25, -0.2) is 4.79 Å². The summed E-state index contributed by atoms with van der Waals surface area (Å²) < 4.78 is 0. The van der Waals surface area contributed by atoms with Crippen LogP contribution in [0, 0.1) is 34.5 Å². The van der Waals surface area contributed by atoms with Crippen molar-refractivity contribution in [2.24, 2.45) is 34.5 Å². The Bertz CT molecular complexity index is 710. The van der Waals surface area contributed by atoms with Crippen LogP contribution in [-0.2, 0) is 9.59 Å². The molecule has 0 radical (unpaired) electrons. The molecular formula is C24H39N3O3. The van der Waals surface area contributed by atoms with E-state index in [2.05, 4.69) is 36.7 Å². The van der Waals surface area contributed by atoms with Crippen molar-refractivity contribution in [1.29, 1.82) is 0 Å². The highest BCUT2D eigenvalue weighted by molar-refractivity contribution is 5.96. The van der Waals surface area contributed by atoms with Crippen LogP contribution in [0.4, 0.5) is 4.79 Å². The second-order valence-corrected chi connectivity index (χ2v) is 10.9. The van der Waals surface area contributed by atoms with E-state index in [1.165, 1.54) is 0 Å². The van der Waals surface area contributed by atoms with Crippen molar-refractivity contribution in [1.82, 2.24) is 16.0 Å². The number of nitrogens with one attached hydrogen (secondary N) is 3. The minimum atomic E-state index is -0.347. The molecule has 3 saturated carbocycles. The van der Waals surface area contributed by atoms with Gasteiger partial charge in [0.1, 0.15) is 0 Å². The number of carbonyl (C=O) groups excluding carboxylic acids is 3. The molecule has 4 rings (SSSR count). The predicted molar refractivity (Wildman–Crippen MR) is 115 cm³/mol. The topological polar surface area (TPSA) is 87.3 Å². The molecule has 0 aromatic heterocycles. The maximum absolute atomic E-state index is 13.0. The SMILES string of the molecule is CCCCNC(=O)NC(=O)[C@H]1CC[C@H]2[C@@H]3CC[C@H]4NC(=O)CC[C@]4(C)[C@H]3CC[C@]12C. The molecular weight excluding hydrogens is 378 g/mol. The van der Waals surface area contributed by atoms with Gasteiger partial charge in [-0.2, -0.15) is 0 Å². The molecule has 0 spiro atoms. The van der Waals surface area contributed by atoms with Crippen molar-refractivity contribution in [3.8, 4) is 0 Å². The molecule has 3 aliphatic carbocycles. The van der Waals surface area contributed by atoms with Crippen molar-refractivity contribution in [2.75, 3.05) is 6.54 Å². The average Bonchev–Trinajstić information content (AvgIpc) is 3.06. The Morgan fingerprint density at radius 3 is 2.57 bits per heavy atom. The van der Waals surface area contributed by atoms with E-state index in [0.717, 1.165) is 57.8 Å². The van der Waals surface area contributed by atoms with Gasteiger partial charge < -0.3 is 10.6 Å². The molecule has 0 bridgehead atoms. The molecule has 4 amide bonds. The van der Waals surface area contributed by atoms with Gasteiger partial charge in [-0.15, -0.1) is 0 Å². The first-order chi connectivity index (χ1) is 14.3. The van der Waals surface area contributed by atoms with Crippen LogP contribution < -0.4 is 16.0 Å². The molecule has 1 saturated heterocycles. The third-order valence-corrected chi connectivity index (χ3v) is 9.46. The lowest BCUT2D eigenvalue weighted by atomic mass is 9.47. The number of unbranched alkanes of at least 4 members (excludes halogenated alkanes) is 1. The van der Waals surface area contributed by atoms with Gasteiger partial charge in [-0.1, -0.05) is 27.2 Å². The second-order valence-electron chi connectivity index (χ2n) is 10.9. The molecule has 7 atom stereocenters. The van der Waals surface area contributed by atoms with Gasteiger partial charge in [-0.3, -0.25) is 14.9 Å². The summed E-state index contributed by atoms with van der Waals surface area (Å²) in [6.07, 6.45) is 9.94. The summed E-state index contributed by atoms with van der Waals surface area (Å²) in [5, 5.41) is 8.72. The normalized spacial score (nSPS) is 42.4. The maximum Gasteiger partial charge on any atom is 0.321 e. The van der Waals surface area contributed by atoms with Crippen molar-refractivity contribution in [3.05, 3.63) is 0 Å². The first kappa shape index (κ1) is 21.6. The number of hydrogen-bond donors (Lipinski definition) is 3. The summed E-state index contributed by atoms with van der Waals surface area (Å²) in [6.45, 7) is 7.39. The highest BCUT2D eigenvalue weighted by atomic mass is 16.2. The zero-order chi connectivity index (χ0) is 21.5. The van der Waals surface area contributed by atoms with E-state index < -0.39 is 0 Å². The van der Waals surface area contributed by atoms with Crippen molar-refractivity contribution >= 4 is 17.8 Å². The number of carbonyl (C=O) groups is 3. The zero-order valence-electron chi connectivity index (χ0n) is 18.9. The molecule has 0 aromatic rings. The molecule has 6 nitrogen and oxygen atoms in total. The molecule has 0 aromatic carbocycles. The fourth-order valence-electron chi connectivity index (χ4n) is 7.75. The summed E-state index contributed by atoms with van der Waals surface area (Å²) in [5.41, 5.74) is 0.174. The van der Waals surface area contributed by atoms with E-state index in [-0.39, 0.29) is 34.6 Å². The van der Waals surface area contributed by atoms with Crippen LogP contribution in [0.25, 0.3) is 0 Å². The summed E-state index contributed by atoms with van der Waals surface area (Å²) in [5.74, 6) is 1.87. The minimum absolute atomic E-state index is 0.0178. The molecule has 4 fully saturated rings.